The maximum atomic E-state index is 11.3. The molecule has 2 aliphatic rings. The molecule has 4 heterocycles. The van der Waals surface area contributed by atoms with Crippen molar-refractivity contribution in [2.45, 2.75) is 30.3 Å². The van der Waals surface area contributed by atoms with Gasteiger partial charge in [-0.3, -0.25) is 4.79 Å². The number of fused-ring (bicyclic) bond motifs is 2. The van der Waals surface area contributed by atoms with Crippen LogP contribution in [0.3, 0.4) is 0 Å². The molecular weight excluding hydrogens is 484 g/mol. The highest BCUT2D eigenvalue weighted by Crippen LogP contribution is 2.38. The Morgan fingerprint density at radius 1 is 1.11 bits per heavy atom. The van der Waals surface area contributed by atoms with Gasteiger partial charge in [0.15, 0.2) is 11.8 Å². The number of nitrogens with zero attached hydrogens (tertiary/aromatic N) is 2. The summed E-state index contributed by atoms with van der Waals surface area (Å²) in [6, 6.07) is 20.1. The first-order valence-electron chi connectivity index (χ1n) is 11.5. The number of primary amides is 1. The van der Waals surface area contributed by atoms with Crippen LogP contribution in [0, 0.1) is 0 Å². The van der Waals surface area contributed by atoms with Crippen LogP contribution in [-0.4, -0.2) is 63.1 Å². The minimum atomic E-state index is -1.47. The van der Waals surface area contributed by atoms with Gasteiger partial charge in [0.1, 0.15) is 17.8 Å². The standard InChI is InChI=1S/C26H23ClN4O5/c27-17-10-18-24(30-21(17)16-8-6-15(7-9-16)14-4-2-1-3-5-14)31-25(29-18)36-19-12-34-23-22(19)35-13-26(23,33)11-20(28)32/h1-10,19,22-23,33H,11-13H2,(H2,28,32)(H,29,30,31)/t19-,22-,23-,26+/m1/s1. The fraction of sp³-hybridized carbons (Fsp3) is 0.269. The normalized spacial score (nSPS) is 25.2. The molecule has 0 radical (unpaired) electrons. The van der Waals surface area contributed by atoms with Gasteiger partial charge in [0.25, 0.3) is 6.01 Å². The van der Waals surface area contributed by atoms with E-state index in [2.05, 4.69) is 27.1 Å². The predicted octanol–water partition coefficient (Wildman–Crippen LogP) is 3.10. The quantitative estimate of drug-likeness (QED) is 0.366. The zero-order chi connectivity index (χ0) is 24.9. The number of carbonyl (C=O) groups excluding carboxylic acids is 1. The van der Waals surface area contributed by atoms with Crippen LogP contribution >= 0.6 is 11.6 Å². The Labute approximate surface area is 211 Å². The predicted molar refractivity (Wildman–Crippen MR) is 132 cm³/mol. The van der Waals surface area contributed by atoms with E-state index in [0.29, 0.717) is 21.9 Å². The van der Waals surface area contributed by atoms with Crippen molar-refractivity contribution in [1.29, 1.82) is 0 Å². The van der Waals surface area contributed by atoms with Crippen molar-refractivity contribution in [2.75, 3.05) is 13.2 Å². The van der Waals surface area contributed by atoms with Crippen molar-refractivity contribution in [3.05, 3.63) is 65.7 Å². The number of pyridine rings is 1. The van der Waals surface area contributed by atoms with Crippen LogP contribution < -0.4 is 10.5 Å². The van der Waals surface area contributed by atoms with Crippen LogP contribution in [0.4, 0.5) is 0 Å². The third-order valence-corrected chi connectivity index (χ3v) is 6.86. The number of imidazole rings is 1. The molecule has 2 saturated heterocycles. The summed E-state index contributed by atoms with van der Waals surface area (Å²) < 4.78 is 17.4. The first-order chi connectivity index (χ1) is 17.4. The number of amides is 1. The van der Waals surface area contributed by atoms with Crippen molar-refractivity contribution in [3.63, 3.8) is 0 Å². The Kier molecular flexibility index (Phi) is 5.65. The van der Waals surface area contributed by atoms with E-state index in [0.717, 1.165) is 16.7 Å². The number of H-pyrrole nitrogens is 1. The number of halogens is 1. The topological polar surface area (TPSA) is 133 Å². The Bertz CT molecular complexity index is 1430. The van der Waals surface area contributed by atoms with Gasteiger partial charge >= 0.3 is 0 Å². The number of aliphatic hydroxyl groups is 1. The number of hydrogen-bond acceptors (Lipinski definition) is 7. The van der Waals surface area contributed by atoms with Crippen LogP contribution in [0.15, 0.2) is 60.7 Å². The van der Waals surface area contributed by atoms with Gasteiger partial charge in [-0.1, -0.05) is 66.2 Å². The zero-order valence-corrected chi connectivity index (χ0v) is 19.8. The zero-order valence-electron chi connectivity index (χ0n) is 19.1. The highest BCUT2D eigenvalue weighted by Gasteiger charge is 2.57. The summed E-state index contributed by atoms with van der Waals surface area (Å²) in [6.07, 6.45) is -2.04. The lowest BCUT2D eigenvalue weighted by molar-refractivity contribution is -0.128. The molecule has 2 aromatic carbocycles. The van der Waals surface area contributed by atoms with Gasteiger partial charge in [-0.25, -0.2) is 4.98 Å². The summed E-state index contributed by atoms with van der Waals surface area (Å²) in [7, 11) is 0. The smallest absolute Gasteiger partial charge is 0.296 e. The lowest BCUT2D eigenvalue weighted by Gasteiger charge is -2.24. The first kappa shape index (κ1) is 22.9. The van der Waals surface area contributed by atoms with E-state index < -0.39 is 29.8 Å². The molecule has 0 unspecified atom stereocenters. The van der Waals surface area contributed by atoms with Gasteiger partial charge in [-0.15, -0.1) is 0 Å². The number of nitrogens with one attached hydrogen (secondary N) is 1. The molecule has 9 nitrogen and oxygen atoms in total. The number of ether oxygens (including phenoxy) is 3. The Hall–Kier alpha value is -3.50. The first-order valence-corrected chi connectivity index (χ1v) is 11.9. The second kappa shape index (κ2) is 8.86. The molecule has 2 aliphatic heterocycles. The highest BCUT2D eigenvalue weighted by atomic mass is 35.5. The maximum Gasteiger partial charge on any atom is 0.296 e. The van der Waals surface area contributed by atoms with E-state index in [4.69, 9.17) is 31.5 Å². The van der Waals surface area contributed by atoms with Crippen molar-refractivity contribution >= 4 is 28.7 Å². The van der Waals surface area contributed by atoms with Gasteiger partial charge in [-0.05, 0) is 17.2 Å². The monoisotopic (exact) mass is 506 g/mol. The summed E-state index contributed by atoms with van der Waals surface area (Å²) in [4.78, 5) is 23.6. The number of rotatable bonds is 6. The van der Waals surface area contributed by atoms with Gasteiger partial charge in [-0.2, -0.15) is 4.98 Å². The fourth-order valence-corrected chi connectivity index (χ4v) is 5.12. The average molecular weight is 507 g/mol. The lowest BCUT2D eigenvalue weighted by Crippen LogP contribution is -2.46. The molecule has 6 rings (SSSR count). The van der Waals surface area contributed by atoms with E-state index in [1.807, 2.05) is 42.5 Å². The maximum absolute atomic E-state index is 11.3. The van der Waals surface area contributed by atoms with Crippen LogP contribution in [0.25, 0.3) is 33.5 Å². The van der Waals surface area contributed by atoms with Crippen molar-refractivity contribution in [2.24, 2.45) is 5.73 Å². The molecular formula is C26H23ClN4O5. The molecule has 2 aromatic heterocycles. The van der Waals surface area contributed by atoms with Gasteiger partial charge in [0.05, 0.1) is 35.9 Å². The summed E-state index contributed by atoms with van der Waals surface area (Å²) in [5, 5.41) is 11.2. The third-order valence-electron chi connectivity index (χ3n) is 6.57. The van der Waals surface area contributed by atoms with Crippen molar-refractivity contribution < 1.29 is 24.1 Å². The van der Waals surface area contributed by atoms with E-state index in [1.165, 1.54) is 0 Å². The van der Waals surface area contributed by atoms with E-state index in [-0.39, 0.29) is 25.6 Å². The van der Waals surface area contributed by atoms with Crippen molar-refractivity contribution in [3.8, 4) is 28.4 Å². The number of aromatic nitrogens is 3. The molecule has 184 valence electrons. The molecule has 36 heavy (non-hydrogen) atoms. The summed E-state index contributed by atoms with van der Waals surface area (Å²) >= 11 is 6.56. The Morgan fingerprint density at radius 2 is 1.83 bits per heavy atom. The Morgan fingerprint density at radius 3 is 2.58 bits per heavy atom. The molecule has 4 aromatic rings. The second-order valence-electron chi connectivity index (χ2n) is 9.11. The number of aromatic amines is 1. The minimum absolute atomic E-state index is 0.0607. The van der Waals surface area contributed by atoms with Gasteiger partial charge in [0.2, 0.25) is 5.91 Å². The fourth-order valence-electron chi connectivity index (χ4n) is 4.86. The third kappa shape index (κ3) is 4.10. The van der Waals surface area contributed by atoms with Crippen LogP contribution in [0.5, 0.6) is 6.01 Å². The largest absolute Gasteiger partial charge is 0.456 e. The number of hydrogen-bond donors (Lipinski definition) is 3. The van der Waals surface area contributed by atoms with Gasteiger partial charge in [0, 0.05) is 5.56 Å². The molecule has 0 saturated carbocycles. The number of benzene rings is 2. The highest BCUT2D eigenvalue weighted by molar-refractivity contribution is 6.33. The SMILES string of the molecule is NC(=O)C[C@]1(O)CO[C@H]2[C@H]1OC[C@H]2Oc1nc2nc(-c3ccc(-c4ccccc4)cc3)c(Cl)cc2[nH]1. The molecule has 2 fully saturated rings. The lowest BCUT2D eigenvalue weighted by atomic mass is 9.92. The molecule has 4 atom stereocenters. The summed E-state index contributed by atoms with van der Waals surface area (Å²) in [6.45, 7) is 0.107. The minimum Gasteiger partial charge on any atom is -0.456 e. The van der Waals surface area contributed by atoms with Crippen LogP contribution in [-0.2, 0) is 14.3 Å². The van der Waals surface area contributed by atoms with Crippen LogP contribution in [0.1, 0.15) is 6.42 Å². The van der Waals surface area contributed by atoms with Crippen molar-refractivity contribution in [1.82, 2.24) is 15.0 Å². The van der Waals surface area contributed by atoms with Gasteiger partial charge < -0.3 is 30.0 Å². The average Bonchev–Trinajstić information content (AvgIpc) is 3.54. The summed E-state index contributed by atoms with van der Waals surface area (Å²) in [5.41, 5.74) is 8.57. The summed E-state index contributed by atoms with van der Waals surface area (Å²) in [5.74, 6) is -0.625. The number of nitrogens with two attached hydrogens (primary N) is 1. The molecule has 0 bridgehead atoms. The van der Waals surface area contributed by atoms with Crippen LogP contribution in [0.2, 0.25) is 5.02 Å². The molecule has 4 N–H and O–H groups in total. The van der Waals surface area contributed by atoms with E-state index in [9.17, 15) is 9.90 Å². The van der Waals surface area contributed by atoms with E-state index in [1.54, 1.807) is 6.07 Å². The Balaban J connectivity index is 1.22. The van der Waals surface area contributed by atoms with E-state index >= 15 is 0 Å². The molecule has 1 amide bonds. The molecule has 10 heteroatoms. The molecule has 0 spiro atoms. The second-order valence-corrected chi connectivity index (χ2v) is 9.52. The molecule has 0 aliphatic carbocycles. The number of carbonyl (C=O) groups is 1.